The predicted molar refractivity (Wildman–Crippen MR) is 144 cm³/mol. The van der Waals surface area contributed by atoms with Crippen molar-refractivity contribution in [1.82, 2.24) is 15.1 Å². The molecule has 0 N–H and O–H groups in total. The summed E-state index contributed by atoms with van der Waals surface area (Å²) in [7, 11) is 0. The van der Waals surface area contributed by atoms with Gasteiger partial charge in [0.15, 0.2) is 17.5 Å². The van der Waals surface area contributed by atoms with Gasteiger partial charge in [-0.05, 0) is 75.3 Å². The molecule has 2 heterocycles. The molecule has 5 aliphatic carbocycles. The fraction of sp³-hybridized carbons (Fsp3) is 0.613. The quantitative estimate of drug-likeness (QED) is 0.280. The molecule has 5 saturated carbocycles. The van der Waals surface area contributed by atoms with E-state index in [0.717, 1.165) is 87.2 Å². The van der Waals surface area contributed by atoms with Crippen LogP contribution in [-0.4, -0.2) is 33.5 Å². The molecule has 1 aromatic carbocycles. The highest BCUT2D eigenvalue weighted by Crippen LogP contribution is 2.58. The predicted octanol–water partition coefficient (Wildman–Crippen LogP) is 7.23. The molecule has 8 rings (SSSR count). The van der Waals surface area contributed by atoms with Gasteiger partial charge in [0, 0.05) is 54.3 Å². The van der Waals surface area contributed by atoms with Gasteiger partial charge < -0.3 is 13.8 Å². The van der Waals surface area contributed by atoms with Crippen LogP contribution in [-0.2, 0) is 16.6 Å². The Hall–Kier alpha value is -3.10. The molecule has 3 aromatic rings. The van der Waals surface area contributed by atoms with Crippen LogP contribution in [0.5, 0.6) is 0 Å². The molecule has 0 radical (unpaired) electrons. The van der Waals surface area contributed by atoms with Crippen LogP contribution in [0, 0.1) is 11.3 Å². The minimum absolute atomic E-state index is 0.0560. The van der Waals surface area contributed by atoms with E-state index in [1.165, 1.54) is 0 Å². The molecular weight excluding hydrogens is 514 g/mol. The number of carbonyl (C=O) groups excluding carboxylic acids is 1. The van der Waals surface area contributed by atoms with E-state index in [0.29, 0.717) is 24.1 Å². The molecule has 9 heteroatoms. The Morgan fingerprint density at radius 1 is 1.10 bits per heavy atom. The summed E-state index contributed by atoms with van der Waals surface area (Å²) >= 11 is 0. The van der Waals surface area contributed by atoms with Gasteiger partial charge in [0.2, 0.25) is 17.7 Å². The lowest BCUT2D eigenvalue weighted by molar-refractivity contribution is -0.148. The van der Waals surface area contributed by atoms with E-state index in [4.69, 9.17) is 13.9 Å². The standard InChI is InChI=1S/C31H36F2N4O3/c1-2-4-25-34-18-24(39-25)21-5-3-6-23(15-21)37(27(38)22-16-31(32,33)17-22)19-29-9-12-30(13-10-29,14-11-29)28-35-26(36-40-28)20-7-8-20/h3,5-6,15,18,20,22H,2,4,7-14,16-17,19H2,1H3. The first-order valence-corrected chi connectivity index (χ1v) is 14.9. The fourth-order valence-corrected chi connectivity index (χ4v) is 7.07. The van der Waals surface area contributed by atoms with Gasteiger partial charge in [-0.15, -0.1) is 0 Å². The number of hydrogen-bond acceptors (Lipinski definition) is 6. The number of rotatable bonds is 9. The summed E-state index contributed by atoms with van der Waals surface area (Å²) in [5.41, 5.74) is 1.43. The van der Waals surface area contributed by atoms with Crippen molar-refractivity contribution in [3.63, 3.8) is 0 Å². The maximum absolute atomic E-state index is 13.8. The number of anilines is 1. The van der Waals surface area contributed by atoms with E-state index in [1.807, 2.05) is 24.3 Å². The van der Waals surface area contributed by atoms with Crippen LogP contribution < -0.4 is 4.90 Å². The zero-order valence-electron chi connectivity index (χ0n) is 23.0. The van der Waals surface area contributed by atoms with Gasteiger partial charge in [0.05, 0.1) is 6.20 Å². The molecule has 5 aliphatic rings. The summed E-state index contributed by atoms with van der Waals surface area (Å²) < 4.78 is 39.4. The molecule has 5 fully saturated rings. The van der Waals surface area contributed by atoms with Crippen molar-refractivity contribution in [1.29, 1.82) is 0 Å². The van der Waals surface area contributed by atoms with Gasteiger partial charge >= 0.3 is 0 Å². The van der Waals surface area contributed by atoms with Crippen molar-refractivity contribution in [2.45, 2.75) is 101 Å². The lowest BCUT2D eigenvalue weighted by Gasteiger charge is -2.53. The summed E-state index contributed by atoms with van der Waals surface area (Å²) in [6.07, 6.45) is 10.6. The van der Waals surface area contributed by atoms with Gasteiger partial charge in [-0.3, -0.25) is 4.79 Å². The van der Waals surface area contributed by atoms with Gasteiger partial charge in [-0.1, -0.05) is 24.2 Å². The number of halogens is 2. The number of aryl methyl sites for hydroxylation is 1. The van der Waals surface area contributed by atoms with Gasteiger partial charge in [-0.25, -0.2) is 13.8 Å². The van der Waals surface area contributed by atoms with E-state index in [-0.39, 0.29) is 29.6 Å². The minimum atomic E-state index is -2.75. The Kier molecular flexibility index (Phi) is 6.13. The summed E-state index contributed by atoms with van der Waals surface area (Å²) in [5, 5.41) is 4.27. The second-order valence-electron chi connectivity index (χ2n) is 12.8. The molecule has 7 nitrogen and oxygen atoms in total. The Morgan fingerprint density at radius 2 is 1.85 bits per heavy atom. The van der Waals surface area contributed by atoms with Crippen molar-refractivity contribution in [2.75, 3.05) is 11.4 Å². The molecule has 2 bridgehead atoms. The van der Waals surface area contributed by atoms with Crippen molar-refractivity contribution in [3.05, 3.63) is 48.1 Å². The van der Waals surface area contributed by atoms with Gasteiger partial charge in [0.25, 0.3) is 0 Å². The first kappa shape index (κ1) is 25.8. The molecule has 2 aromatic heterocycles. The van der Waals surface area contributed by atoms with Gasteiger partial charge in [0.1, 0.15) is 0 Å². The molecule has 0 unspecified atom stereocenters. The maximum Gasteiger partial charge on any atom is 0.249 e. The van der Waals surface area contributed by atoms with Crippen LogP contribution in [0.15, 0.2) is 39.4 Å². The molecule has 1 amide bonds. The number of aromatic nitrogens is 3. The van der Waals surface area contributed by atoms with E-state index in [9.17, 15) is 13.6 Å². The molecule has 0 aliphatic heterocycles. The zero-order chi connectivity index (χ0) is 27.5. The van der Waals surface area contributed by atoms with Crippen molar-refractivity contribution >= 4 is 11.6 Å². The van der Waals surface area contributed by atoms with Crippen molar-refractivity contribution in [2.24, 2.45) is 11.3 Å². The lowest BCUT2D eigenvalue weighted by Crippen LogP contribution is -2.53. The Labute approximate surface area is 232 Å². The number of carbonyl (C=O) groups is 1. The second-order valence-corrected chi connectivity index (χ2v) is 12.8. The summed E-state index contributed by atoms with van der Waals surface area (Å²) in [6, 6.07) is 7.69. The fourth-order valence-electron chi connectivity index (χ4n) is 7.07. The third-order valence-electron chi connectivity index (χ3n) is 9.90. The monoisotopic (exact) mass is 550 g/mol. The average Bonchev–Trinajstić information content (AvgIpc) is 3.48. The molecule has 0 atom stereocenters. The number of alkyl halides is 2. The number of nitrogens with zero attached hydrogens (tertiary/aromatic N) is 4. The largest absolute Gasteiger partial charge is 0.441 e. The third-order valence-corrected chi connectivity index (χ3v) is 9.90. The van der Waals surface area contributed by atoms with Crippen LogP contribution >= 0.6 is 0 Å². The smallest absolute Gasteiger partial charge is 0.249 e. The first-order chi connectivity index (χ1) is 19.3. The van der Waals surface area contributed by atoms with Crippen LogP contribution in [0.2, 0.25) is 0 Å². The third kappa shape index (κ3) is 4.65. The number of hydrogen-bond donors (Lipinski definition) is 0. The molecule has 0 spiro atoms. The second kappa shape index (κ2) is 9.48. The number of benzene rings is 1. The van der Waals surface area contributed by atoms with Crippen molar-refractivity contribution in [3.8, 4) is 11.3 Å². The highest BCUT2D eigenvalue weighted by Gasteiger charge is 2.55. The van der Waals surface area contributed by atoms with Gasteiger partial charge in [-0.2, -0.15) is 4.98 Å². The summed E-state index contributed by atoms with van der Waals surface area (Å²) in [5.74, 6) is -0.160. The first-order valence-electron chi connectivity index (χ1n) is 14.9. The average molecular weight is 551 g/mol. The highest BCUT2D eigenvalue weighted by atomic mass is 19.3. The molecule has 40 heavy (non-hydrogen) atoms. The Balaban J connectivity index is 1.13. The number of amides is 1. The van der Waals surface area contributed by atoms with Crippen LogP contribution in [0.4, 0.5) is 14.5 Å². The SMILES string of the molecule is CCCc1ncc(-c2cccc(N(CC34CCC(c5nc(C6CC6)no5)(CC3)CC4)C(=O)C3CC(F)(F)C3)c2)o1. The molecule has 212 valence electrons. The zero-order valence-corrected chi connectivity index (χ0v) is 23.0. The maximum atomic E-state index is 13.8. The van der Waals surface area contributed by atoms with E-state index < -0.39 is 11.8 Å². The van der Waals surface area contributed by atoms with Crippen molar-refractivity contribution < 1.29 is 22.5 Å². The highest BCUT2D eigenvalue weighted by molar-refractivity contribution is 5.96. The minimum Gasteiger partial charge on any atom is -0.441 e. The van der Waals surface area contributed by atoms with E-state index in [1.54, 1.807) is 11.1 Å². The van der Waals surface area contributed by atoms with E-state index in [2.05, 4.69) is 17.1 Å². The topological polar surface area (TPSA) is 85.3 Å². The molecule has 0 saturated heterocycles. The van der Waals surface area contributed by atoms with Crippen LogP contribution in [0.25, 0.3) is 11.3 Å². The Morgan fingerprint density at radius 3 is 2.52 bits per heavy atom. The Bertz CT molecular complexity index is 1380. The normalized spacial score (nSPS) is 27.5. The van der Waals surface area contributed by atoms with E-state index >= 15 is 0 Å². The van der Waals surface area contributed by atoms with Crippen LogP contribution in [0.3, 0.4) is 0 Å². The molecular formula is C31H36F2N4O3. The van der Waals surface area contributed by atoms with Crippen LogP contribution in [0.1, 0.15) is 101 Å². The number of oxazole rings is 1. The lowest BCUT2D eigenvalue weighted by atomic mass is 9.53. The summed E-state index contributed by atoms with van der Waals surface area (Å²) in [6.45, 7) is 2.60. The number of fused-ring (bicyclic) bond motifs is 3. The summed E-state index contributed by atoms with van der Waals surface area (Å²) in [4.78, 5) is 24.8.